The van der Waals surface area contributed by atoms with Gasteiger partial charge in [-0.25, -0.2) is 9.50 Å². The molecule has 0 amide bonds. The van der Waals surface area contributed by atoms with E-state index in [9.17, 15) is 18.3 Å². The molecule has 1 saturated carbocycles. The standard InChI is InChI=1S/C22H26F3N5O/c1-13(31)11-14-5-7-17(8-6-14)27-18-9-10-19-28-21(26)20(30(19)29-18)15-3-2-4-16(12-15)22(23,24)25/h2-4,9-10,12-14,17,31H,5-8,11,26H2,1H3,(H,27,29). The topological polar surface area (TPSA) is 88.5 Å². The van der Waals surface area contributed by atoms with Gasteiger partial charge >= 0.3 is 6.18 Å². The van der Waals surface area contributed by atoms with E-state index < -0.39 is 11.7 Å². The van der Waals surface area contributed by atoms with E-state index in [2.05, 4.69) is 15.4 Å². The number of hydrogen-bond donors (Lipinski definition) is 3. The highest BCUT2D eigenvalue weighted by Crippen LogP contribution is 2.34. The van der Waals surface area contributed by atoms with Crippen molar-refractivity contribution in [1.29, 1.82) is 0 Å². The molecule has 1 fully saturated rings. The van der Waals surface area contributed by atoms with Crippen LogP contribution in [0.2, 0.25) is 0 Å². The Kier molecular flexibility index (Phi) is 5.79. The van der Waals surface area contributed by atoms with E-state index in [1.807, 2.05) is 6.92 Å². The lowest BCUT2D eigenvalue weighted by atomic mass is 9.83. The molecule has 4 rings (SSSR count). The number of halogens is 3. The minimum absolute atomic E-state index is 0.127. The van der Waals surface area contributed by atoms with Crippen LogP contribution >= 0.6 is 0 Å². The van der Waals surface area contributed by atoms with E-state index in [0.29, 0.717) is 28.6 Å². The lowest BCUT2D eigenvalue weighted by Crippen LogP contribution is -2.28. The van der Waals surface area contributed by atoms with E-state index in [-0.39, 0.29) is 18.0 Å². The molecule has 1 unspecified atom stereocenters. The number of hydrogen-bond acceptors (Lipinski definition) is 5. The highest BCUT2D eigenvalue weighted by Gasteiger charge is 2.31. The molecule has 0 saturated heterocycles. The predicted molar refractivity (Wildman–Crippen MR) is 114 cm³/mol. The lowest BCUT2D eigenvalue weighted by molar-refractivity contribution is -0.137. The number of benzene rings is 1. The largest absolute Gasteiger partial charge is 0.416 e. The second-order valence-electron chi connectivity index (χ2n) is 8.36. The van der Waals surface area contributed by atoms with Gasteiger partial charge in [-0.1, -0.05) is 12.1 Å². The molecule has 1 aromatic carbocycles. The minimum Gasteiger partial charge on any atom is -0.393 e. The smallest absolute Gasteiger partial charge is 0.393 e. The SMILES string of the molecule is CC(O)CC1CCC(Nc2ccc3nc(N)c(-c4cccc(C(F)(F)F)c4)n3n2)CC1. The zero-order valence-corrected chi connectivity index (χ0v) is 17.2. The molecule has 0 radical (unpaired) electrons. The molecule has 1 aliphatic rings. The molecule has 166 valence electrons. The van der Waals surface area contributed by atoms with Gasteiger partial charge in [0.05, 0.1) is 11.7 Å². The Bertz CT molecular complexity index is 1050. The number of anilines is 2. The molecule has 6 nitrogen and oxygen atoms in total. The number of fused-ring (bicyclic) bond motifs is 1. The Morgan fingerprint density at radius 2 is 1.94 bits per heavy atom. The Morgan fingerprint density at radius 3 is 2.61 bits per heavy atom. The van der Waals surface area contributed by atoms with E-state index in [0.717, 1.165) is 44.2 Å². The van der Waals surface area contributed by atoms with Crippen molar-refractivity contribution in [2.45, 2.75) is 57.3 Å². The zero-order chi connectivity index (χ0) is 22.2. The van der Waals surface area contributed by atoms with Crippen LogP contribution in [0, 0.1) is 5.92 Å². The van der Waals surface area contributed by atoms with Crippen LogP contribution in [-0.4, -0.2) is 31.9 Å². The zero-order valence-electron chi connectivity index (χ0n) is 17.2. The Morgan fingerprint density at radius 1 is 1.19 bits per heavy atom. The number of aliphatic hydroxyl groups is 1. The van der Waals surface area contributed by atoms with Crippen molar-refractivity contribution in [2.24, 2.45) is 5.92 Å². The number of nitrogen functional groups attached to an aromatic ring is 1. The quantitative estimate of drug-likeness (QED) is 0.541. The third-order valence-corrected chi connectivity index (χ3v) is 5.84. The van der Waals surface area contributed by atoms with Gasteiger partial charge in [-0.05, 0) is 69.2 Å². The van der Waals surface area contributed by atoms with Gasteiger partial charge < -0.3 is 16.2 Å². The average Bonchev–Trinajstić information content (AvgIpc) is 3.03. The first kappa shape index (κ1) is 21.4. The first-order valence-corrected chi connectivity index (χ1v) is 10.5. The predicted octanol–water partition coefficient (Wildman–Crippen LogP) is 4.74. The van der Waals surface area contributed by atoms with Crippen LogP contribution in [-0.2, 0) is 6.18 Å². The number of imidazole rings is 1. The van der Waals surface area contributed by atoms with Crippen LogP contribution in [0.4, 0.5) is 24.8 Å². The first-order chi connectivity index (χ1) is 14.7. The number of aromatic nitrogens is 3. The van der Waals surface area contributed by atoms with Gasteiger partial charge in [-0.15, -0.1) is 5.10 Å². The van der Waals surface area contributed by atoms with Crippen LogP contribution in [0.5, 0.6) is 0 Å². The van der Waals surface area contributed by atoms with E-state index in [4.69, 9.17) is 5.73 Å². The van der Waals surface area contributed by atoms with Crippen LogP contribution in [0.15, 0.2) is 36.4 Å². The minimum atomic E-state index is -4.45. The van der Waals surface area contributed by atoms with Gasteiger partial charge in [-0.2, -0.15) is 13.2 Å². The van der Waals surface area contributed by atoms with Crippen molar-refractivity contribution in [3.63, 3.8) is 0 Å². The molecule has 2 heterocycles. The summed E-state index contributed by atoms with van der Waals surface area (Å²) in [6.07, 6.45) is 0.132. The third-order valence-electron chi connectivity index (χ3n) is 5.84. The van der Waals surface area contributed by atoms with Crippen LogP contribution in [0.25, 0.3) is 16.9 Å². The second-order valence-corrected chi connectivity index (χ2v) is 8.36. The number of alkyl halides is 3. The molecule has 2 aromatic heterocycles. The Labute approximate surface area is 178 Å². The number of nitrogens with two attached hydrogens (primary N) is 1. The van der Waals surface area contributed by atoms with Gasteiger partial charge in [0.15, 0.2) is 11.5 Å². The molecule has 0 aliphatic heterocycles. The maximum Gasteiger partial charge on any atom is 0.416 e. The molecule has 1 atom stereocenters. The summed E-state index contributed by atoms with van der Waals surface area (Å²) in [5.41, 5.74) is 6.41. The molecular weight excluding hydrogens is 407 g/mol. The molecular formula is C22H26F3N5O. The van der Waals surface area contributed by atoms with Crippen molar-refractivity contribution >= 4 is 17.3 Å². The number of nitrogens with one attached hydrogen (secondary N) is 1. The van der Waals surface area contributed by atoms with Crippen LogP contribution < -0.4 is 11.1 Å². The van der Waals surface area contributed by atoms with E-state index >= 15 is 0 Å². The summed E-state index contributed by atoms with van der Waals surface area (Å²) < 4.78 is 41.0. The van der Waals surface area contributed by atoms with Crippen LogP contribution in [0.3, 0.4) is 0 Å². The Balaban J connectivity index is 1.58. The third kappa shape index (κ3) is 4.76. The van der Waals surface area contributed by atoms with Crippen molar-refractivity contribution in [1.82, 2.24) is 14.6 Å². The summed E-state index contributed by atoms with van der Waals surface area (Å²) in [7, 11) is 0. The lowest BCUT2D eigenvalue weighted by Gasteiger charge is -2.30. The Hall–Kier alpha value is -2.81. The van der Waals surface area contributed by atoms with Gasteiger partial charge in [0.25, 0.3) is 0 Å². The normalized spacial score (nSPS) is 20.7. The molecule has 0 spiro atoms. The monoisotopic (exact) mass is 433 g/mol. The molecule has 3 aromatic rings. The van der Waals surface area contributed by atoms with E-state index in [1.54, 1.807) is 18.2 Å². The van der Waals surface area contributed by atoms with Crippen molar-refractivity contribution in [3.8, 4) is 11.3 Å². The maximum atomic E-state index is 13.2. The summed E-state index contributed by atoms with van der Waals surface area (Å²) in [6, 6.07) is 8.82. The summed E-state index contributed by atoms with van der Waals surface area (Å²) in [5, 5.41) is 17.6. The summed E-state index contributed by atoms with van der Waals surface area (Å²) >= 11 is 0. The van der Waals surface area contributed by atoms with Gasteiger partial charge in [-0.3, -0.25) is 0 Å². The maximum absolute atomic E-state index is 13.2. The number of nitrogens with zero attached hydrogens (tertiary/aromatic N) is 3. The average molecular weight is 433 g/mol. The summed E-state index contributed by atoms with van der Waals surface area (Å²) in [4.78, 5) is 4.25. The molecule has 31 heavy (non-hydrogen) atoms. The molecule has 4 N–H and O–H groups in total. The highest BCUT2D eigenvalue weighted by atomic mass is 19.4. The van der Waals surface area contributed by atoms with Gasteiger partial charge in [0, 0.05) is 11.6 Å². The van der Waals surface area contributed by atoms with E-state index in [1.165, 1.54) is 10.6 Å². The number of rotatable bonds is 5. The van der Waals surface area contributed by atoms with Crippen LogP contribution in [0.1, 0.15) is 44.6 Å². The summed E-state index contributed by atoms with van der Waals surface area (Å²) in [5.74, 6) is 1.29. The fourth-order valence-electron chi connectivity index (χ4n) is 4.37. The molecule has 0 bridgehead atoms. The van der Waals surface area contributed by atoms with Crippen molar-refractivity contribution < 1.29 is 18.3 Å². The molecule has 9 heteroatoms. The first-order valence-electron chi connectivity index (χ1n) is 10.5. The summed E-state index contributed by atoms with van der Waals surface area (Å²) in [6.45, 7) is 1.82. The second kappa shape index (κ2) is 8.37. The number of aliphatic hydroxyl groups excluding tert-OH is 1. The fourth-order valence-corrected chi connectivity index (χ4v) is 4.37. The van der Waals surface area contributed by atoms with Crippen molar-refractivity contribution in [2.75, 3.05) is 11.1 Å². The fraction of sp³-hybridized carbons (Fsp3) is 0.455. The molecule has 1 aliphatic carbocycles. The van der Waals surface area contributed by atoms with Crippen molar-refractivity contribution in [3.05, 3.63) is 42.0 Å². The van der Waals surface area contributed by atoms with Gasteiger partial charge in [0.1, 0.15) is 11.5 Å². The highest BCUT2D eigenvalue weighted by molar-refractivity contribution is 5.75. The van der Waals surface area contributed by atoms with Gasteiger partial charge in [0.2, 0.25) is 0 Å².